The van der Waals surface area contributed by atoms with E-state index in [4.69, 9.17) is 0 Å². The van der Waals surface area contributed by atoms with E-state index < -0.39 is 0 Å². The fourth-order valence-corrected chi connectivity index (χ4v) is 6.68. The zero-order valence-electron chi connectivity index (χ0n) is 13.5. The van der Waals surface area contributed by atoms with Gasteiger partial charge in [0.2, 0.25) is 0 Å². The molecule has 0 spiro atoms. The number of hydrogen-bond acceptors (Lipinski definition) is 2. The Kier molecular flexibility index (Phi) is 3.11. The molecule has 2 nitrogen and oxygen atoms in total. The zero-order chi connectivity index (χ0) is 14.8. The maximum Gasteiger partial charge on any atom is 0.0724 e. The maximum atomic E-state index is 10.5. The molecule has 4 rings (SSSR count). The summed E-state index contributed by atoms with van der Waals surface area (Å²) in [4.78, 5) is 0. The SMILES string of the molecule is C[C@]12CC[C@H]3[C@@H](CCC4=C[C@@H](O)CC[C@@]43C)[C@@H]1CC[C@H]2O. The molecule has 0 saturated heterocycles. The lowest BCUT2D eigenvalue weighted by Crippen LogP contribution is -2.51. The van der Waals surface area contributed by atoms with Gasteiger partial charge >= 0.3 is 0 Å². The van der Waals surface area contributed by atoms with Crippen molar-refractivity contribution in [2.45, 2.75) is 77.4 Å². The maximum absolute atomic E-state index is 10.5. The third-order valence-corrected chi connectivity index (χ3v) is 8.04. The molecule has 0 unspecified atom stereocenters. The van der Waals surface area contributed by atoms with E-state index in [1.165, 1.54) is 32.1 Å². The molecule has 0 amide bonds. The van der Waals surface area contributed by atoms with Gasteiger partial charge in [-0.3, -0.25) is 0 Å². The van der Waals surface area contributed by atoms with E-state index in [2.05, 4.69) is 19.9 Å². The monoisotopic (exact) mass is 290 g/mol. The van der Waals surface area contributed by atoms with Crippen molar-refractivity contribution in [3.63, 3.8) is 0 Å². The minimum absolute atomic E-state index is 0.0682. The third-order valence-electron chi connectivity index (χ3n) is 8.04. The minimum Gasteiger partial charge on any atom is -0.393 e. The van der Waals surface area contributed by atoms with Crippen molar-refractivity contribution in [3.05, 3.63) is 11.6 Å². The molecule has 7 atom stereocenters. The average Bonchev–Trinajstić information content (AvgIpc) is 2.76. The van der Waals surface area contributed by atoms with E-state index in [0.717, 1.165) is 37.0 Å². The lowest BCUT2D eigenvalue weighted by atomic mass is 9.47. The van der Waals surface area contributed by atoms with Crippen molar-refractivity contribution in [1.29, 1.82) is 0 Å². The summed E-state index contributed by atoms with van der Waals surface area (Å²) in [6, 6.07) is 0. The van der Waals surface area contributed by atoms with Crippen molar-refractivity contribution in [3.8, 4) is 0 Å². The molecule has 3 saturated carbocycles. The molecule has 0 aromatic heterocycles. The van der Waals surface area contributed by atoms with Crippen LogP contribution < -0.4 is 0 Å². The van der Waals surface area contributed by atoms with Crippen LogP contribution in [0.2, 0.25) is 0 Å². The molecule has 2 heteroatoms. The van der Waals surface area contributed by atoms with E-state index in [0.29, 0.717) is 5.41 Å². The molecule has 0 radical (unpaired) electrons. The van der Waals surface area contributed by atoms with Crippen LogP contribution >= 0.6 is 0 Å². The summed E-state index contributed by atoms with van der Waals surface area (Å²) in [6.45, 7) is 4.82. The van der Waals surface area contributed by atoms with Crippen LogP contribution in [-0.4, -0.2) is 22.4 Å². The molecule has 4 aliphatic rings. The van der Waals surface area contributed by atoms with Crippen molar-refractivity contribution < 1.29 is 10.2 Å². The van der Waals surface area contributed by atoms with E-state index in [1.807, 2.05) is 0 Å². The summed E-state index contributed by atoms with van der Waals surface area (Å²) in [7, 11) is 0. The van der Waals surface area contributed by atoms with Crippen LogP contribution in [0.4, 0.5) is 0 Å². The predicted molar refractivity (Wildman–Crippen MR) is 83.7 cm³/mol. The minimum atomic E-state index is -0.202. The molecule has 0 heterocycles. The Bertz CT molecular complexity index is 470. The van der Waals surface area contributed by atoms with Crippen molar-refractivity contribution >= 4 is 0 Å². The zero-order valence-corrected chi connectivity index (χ0v) is 13.5. The molecular weight excluding hydrogens is 260 g/mol. The molecule has 0 aliphatic heterocycles. The van der Waals surface area contributed by atoms with E-state index in [9.17, 15) is 10.2 Å². The Labute approximate surface area is 128 Å². The highest BCUT2D eigenvalue weighted by molar-refractivity contribution is 5.25. The molecule has 4 aliphatic carbocycles. The Morgan fingerprint density at radius 3 is 2.57 bits per heavy atom. The van der Waals surface area contributed by atoms with Crippen LogP contribution in [0.3, 0.4) is 0 Å². The largest absolute Gasteiger partial charge is 0.393 e. The summed E-state index contributed by atoms with van der Waals surface area (Å²) in [5.74, 6) is 2.32. The molecule has 118 valence electrons. The molecule has 0 aromatic rings. The van der Waals surface area contributed by atoms with Crippen LogP contribution in [0.5, 0.6) is 0 Å². The number of allylic oxidation sites excluding steroid dienone is 1. The summed E-state index contributed by atoms with van der Waals surface area (Å²) in [5.41, 5.74) is 2.06. The Hall–Kier alpha value is -0.340. The van der Waals surface area contributed by atoms with Crippen LogP contribution in [0.15, 0.2) is 11.6 Å². The van der Waals surface area contributed by atoms with Gasteiger partial charge in [0.25, 0.3) is 0 Å². The van der Waals surface area contributed by atoms with E-state index in [-0.39, 0.29) is 17.6 Å². The van der Waals surface area contributed by atoms with Gasteiger partial charge in [-0.05, 0) is 80.0 Å². The van der Waals surface area contributed by atoms with Crippen molar-refractivity contribution in [2.75, 3.05) is 0 Å². The Morgan fingerprint density at radius 2 is 1.76 bits per heavy atom. The van der Waals surface area contributed by atoms with Gasteiger partial charge in [0.1, 0.15) is 0 Å². The van der Waals surface area contributed by atoms with Gasteiger partial charge in [0.05, 0.1) is 12.2 Å². The second kappa shape index (κ2) is 4.58. The first-order valence-electron chi connectivity index (χ1n) is 9.02. The fourth-order valence-electron chi connectivity index (χ4n) is 6.68. The summed E-state index contributed by atoms with van der Waals surface area (Å²) >= 11 is 0. The number of aliphatic hydroxyl groups excluding tert-OH is 2. The molecule has 21 heavy (non-hydrogen) atoms. The summed E-state index contributed by atoms with van der Waals surface area (Å²) in [5, 5.41) is 20.4. The summed E-state index contributed by atoms with van der Waals surface area (Å²) < 4.78 is 0. The first-order valence-corrected chi connectivity index (χ1v) is 9.02. The van der Waals surface area contributed by atoms with Gasteiger partial charge in [0, 0.05) is 0 Å². The summed E-state index contributed by atoms with van der Waals surface area (Å²) in [6.07, 6.45) is 11.2. The van der Waals surface area contributed by atoms with E-state index in [1.54, 1.807) is 5.57 Å². The first-order chi connectivity index (χ1) is 9.95. The highest BCUT2D eigenvalue weighted by atomic mass is 16.3. The molecule has 2 N–H and O–H groups in total. The number of fused-ring (bicyclic) bond motifs is 5. The number of hydrogen-bond donors (Lipinski definition) is 2. The standard InChI is InChI=1S/C19H30O2/c1-18-9-7-13(20)11-12(18)3-4-14-15-5-6-17(21)19(15,2)10-8-16(14)18/h11,13-17,20-21H,3-10H2,1-2H3/t13-,14-,15-,16-,17+,18-,19-/m0/s1. The van der Waals surface area contributed by atoms with Crippen LogP contribution in [-0.2, 0) is 0 Å². The first kappa shape index (κ1) is 14.3. The normalized spacial score (nSPS) is 56.2. The van der Waals surface area contributed by atoms with E-state index >= 15 is 0 Å². The molecule has 0 aromatic carbocycles. The number of rotatable bonds is 0. The Balaban J connectivity index is 1.67. The topological polar surface area (TPSA) is 40.5 Å². The Morgan fingerprint density at radius 1 is 0.952 bits per heavy atom. The van der Waals surface area contributed by atoms with Crippen molar-refractivity contribution in [1.82, 2.24) is 0 Å². The fraction of sp³-hybridized carbons (Fsp3) is 0.895. The molecular formula is C19H30O2. The smallest absolute Gasteiger partial charge is 0.0724 e. The van der Waals surface area contributed by atoms with Gasteiger partial charge in [-0.25, -0.2) is 0 Å². The third kappa shape index (κ3) is 1.84. The van der Waals surface area contributed by atoms with Crippen LogP contribution in [0, 0.1) is 28.6 Å². The van der Waals surface area contributed by atoms with Gasteiger partial charge < -0.3 is 10.2 Å². The predicted octanol–water partition coefficient (Wildman–Crippen LogP) is 3.67. The average molecular weight is 290 g/mol. The van der Waals surface area contributed by atoms with Gasteiger partial charge in [-0.1, -0.05) is 25.5 Å². The van der Waals surface area contributed by atoms with Crippen LogP contribution in [0.25, 0.3) is 0 Å². The van der Waals surface area contributed by atoms with Crippen molar-refractivity contribution in [2.24, 2.45) is 28.6 Å². The molecule has 3 fully saturated rings. The number of aliphatic hydroxyl groups is 2. The second-order valence-corrected chi connectivity index (χ2v) is 8.77. The van der Waals surface area contributed by atoms with Gasteiger partial charge in [0.15, 0.2) is 0 Å². The quantitative estimate of drug-likeness (QED) is 0.668. The second-order valence-electron chi connectivity index (χ2n) is 8.77. The van der Waals surface area contributed by atoms with Gasteiger partial charge in [-0.15, -0.1) is 0 Å². The highest BCUT2D eigenvalue weighted by Gasteiger charge is 2.58. The molecule has 0 bridgehead atoms. The van der Waals surface area contributed by atoms with Gasteiger partial charge in [-0.2, -0.15) is 0 Å². The lowest BCUT2D eigenvalue weighted by Gasteiger charge is -2.58. The lowest BCUT2D eigenvalue weighted by molar-refractivity contribution is -0.0761. The van der Waals surface area contributed by atoms with Crippen LogP contribution in [0.1, 0.15) is 65.2 Å². The highest BCUT2D eigenvalue weighted by Crippen LogP contribution is 2.65.